The second-order valence-electron chi connectivity index (χ2n) is 5.86. The van der Waals surface area contributed by atoms with Crippen molar-refractivity contribution in [3.8, 4) is 5.75 Å². The maximum atomic E-state index is 8.00. The first-order valence-corrected chi connectivity index (χ1v) is 7.33. The largest absolute Gasteiger partial charge is 0.491 e. The van der Waals surface area contributed by atoms with Gasteiger partial charge in [0.2, 0.25) is 0 Å². The molecule has 2 aliphatic carbocycles. The van der Waals surface area contributed by atoms with Crippen molar-refractivity contribution in [2.75, 3.05) is 0 Å². The van der Waals surface area contributed by atoms with Gasteiger partial charge < -0.3 is 9.53 Å². The zero-order valence-corrected chi connectivity index (χ0v) is 12.0. The summed E-state index contributed by atoms with van der Waals surface area (Å²) in [6.45, 7) is 6.19. The van der Waals surface area contributed by atoms with E-state index in [0.29, 0.717) is 0 Å². The molecule has 2 aliphatic rings. The highest BCUT2D eigenvalue weighted by atomic mass is 16.5. The Kier molecular flexibility index (Phi) is 4.62. The van der Waals surface area contributed by atoms with Crippen LogP contribution in [0, 0.1) is 0 Å². The first-order chi connectivity index (χ1) is 9.24. The topological polar surface area (TPSA) is 26.3 Å². The molecule has 104 valence electrons. The molecule has 0 bridgehead atoms. The first kappa shape index (κ1) is 14.1. The Hall–Kier alpha value is -1.31. The van der Waals surface area contributed by atoms with E-state index < -0.39 is 0 Å². The number of carbonyl (C=O) groups is 1. The number of ether oxygens (including phenoxy) is 1. The van der Waals surface area contributed by atoms with Crippen LogP contribution in [0.4, 0.5) is 0 Å². The standard InChI is InChI=1S/C16H22O.CH2O/c1-11(2)17-14-8-9-15(13-6-7-13)16(10-14)12-4-3-5-12;1-2/h8-13H,3-7H2,1-2H3;1H2. The van der Waals surface area contributed by atoms with Gasteiger partial charge >= 0.3 is 0 Å². The molecular formula is C17H24O2. The maximum absolute atomic E-state index is 8.00. The van der Waals surface area contributed by atoms with Crippen molar-refractivity contribution in [1.29, 1.82) is 0 Å². The Balaban J connectivity index is 0.000000637. The molecule has 0 spiro atoms. The summed E-state index contributed by atoms with van der Waals surface area (Å²) in [5.41, 5.74) is 3.21. The Bertz CT molecular complexity index is 417. The Morgan fingerprint density at radius 2 is 1.68 bits per heavy atom. The summed E-state index contributed by atoms with van der Waals surface area (Å²) in [6, 6.07) is 6.80. The molecule has 3 rings (SSSR count). The van der Waals surface area contributed by atoms with Crippen molar-refractivity contribution >= 4 is 6.79 Å². The summed E-state index contributed by atoms with van der Waals surface area (Å²) in [4.78, 5) is 8.00. The highest BCUT2D eigenvalue weighted by Gasteiger charge is 2.30. The fourth-order valence-corrected chi connectivity index (χ4v) is 2.74. The average molecular weight is 260 g/mol. The zero-order valence-electron chi connectivity index (χ0n) is 12.0. The molecule has 0 saturated heterocycles. The van der Waals surface area contributed by atoms with E-state index >= 15 is 0 Å². The third-order valence-corrected chi connectivity index (χ3v) is 3.99. The summed E-state index contributed by atoms with van der Waals surface area (Å²) >= 11 is 0. The highest BCUT2D eigenvalue weighted by molar-refractivity contribution is 5.42. The molecule has 2 nitrogen and oxygen atoms in total. The van der Waals surface area contributed by atoms with Gasteiger partial charge in [0.25, 0.3) is 0 Å². The van der Waals surface area contributed by atoms with Crippen LogP contribution in [0.15, 0.2) is 18.2 Å². The molecule has 0 N–H and O–H groups in total. The van der Waals surface area contributed by atoms with E-state index in [4.69, 9.17) is 9.53 Å². The molecule has 0 amide bonds. The summed E-state index contributed by atoms with van der Waals surface area (Å²) < 4.78 is 5.83. The summed E-state index contributed by atoms with van der Waals surface area (Å²) in [5.74, 6) is 2.74. The molecule has 19 heavy (non-hydrogen) atoms. The molecule has 0 atom stereocenters. The van der Waals surface area contributed by atoms with Crippen molar-refractivity contribution in [2.24, 2.45) is 0 Å². The van der Waals surface area contributed by atoms with Crippen molar-refractivity contribution < 1.29 is 9.53 Å². The van der Waals surface area contributed by atoms with Crippen LogP contribution >= 0.6 is 0 Å². The molecule has 0 aliphatic heterocycles. The third-order valence-electron chi connectivity index (χ3n) is 3.99. The molecule has 1 aromatic rings. The molecule has 1 aromatic carbocycles. The van der Waals surface area contributed by atoms with Crippen LogP contribution in [-0.2, 0) is 4.79 Å². The van der Waals surface area contributed by atoms with Crippen LogP contribution in [0.1, 0.15) is 68.9 Å². The summed E-state index contributed by atoms with van der Waals surface area (Å²) in [7, 11) is 0. The lowest BCUT2D eigenvalue weighted by Gasteiger charge is -2.28. The molecule has 0 aromatic heterocycles. The van der Waals surface area contributed by atoms with Crippen molar-refractivity contribution in [1.82, 2.24) is 0 Å². The Labute approximate surface area is 116 Å². The normalized spacial score (nSPS) is 18.5. The van der Waals surface area contributed by atoms with Crippen LogP contribution in [0.25, 0.3) is 0 Å². The predicted molar refractivity (Wildman–Crippen MR) is 77.9 cm³/mol. The molecule has 0 radical (unpaired) electrons. The van der Waals surface area contributed by atoms with Gasteiger partial charge in [-0.2, -0.15) is 0 Å². The fourth-order valence-electron chi connectivity index (χ4n) is 2.74. The van der Waals surface area contributed by atoms with Crippen LogP contribution in [0.2, 0.25) is 0 Å². The SMILES string of the molecule is C=O.CC(C)Oc1ccc(C2CC2)c(C2CCC2)c1. The van der Waals surface area contributed by atoms with E-state index in [1.54, 1.807) is 11.1 Å². The van der Waals surface area contributed by atoms with Gasteiger partial charge in [-0.3, -0.25) is 0 Å². The second-order valence-corrected chi connectivity index (χ2v) is 5.86. The monoisotopic (exact) mass is 260 g/mol. The van der Waals surface area contributed by atoms with E-state index in [2.05, 4.69) is 32.0 Å². The Morgan fingerprint density at radius 1 is 1.05 bits per heavy atom. The molecule has 0 unspecified atom stereocenters. The van der Waals surface area contributed by atoms with Gasteiger partial charge in [-0.15, -0.1) is 0 Å². The lowest BCUT2D eigenvalue weighted by molar-refractivity contribution is -0.0979. The first-order valence-electron chi connectivity index (χ1n) is 7.33. The van der Waals surface area contributed by atoms with Crippen molar-refractivity contribution in [2.45, 2.75) is 63.9 Å². The van der Waals surface area contributed by atoms with E-state index in [1.165, 1.54) is 32.1 Å². The van der Waals surface area contributed by atoms with Crippen molar-refractivity contribution in [3.63, 3.8) is 0 Å². The van der Waals surface area contributed by atoms with Gasteiger partial charge in [-0.05, 0) is 74.6 Å². The minimum atomic E-state index is 0.274. The predicted octanol–water partition coefficient (Wildman–Crippen LogP) is 4.43. The summed E-state index contributed by atoms with van der Waals surface area (Å²) in [5, 5.41) is 0. The van der Waals surface area contributed by atoms with Crippen LogP contribution in [0.3, 0.4) is 0 Å². The average Bonchev–Trinajstić information content (AvgIpc) is 3.13. The minimum Gasteiger partial charge on any atom is -0.491 e. The lowest BCUT2D eigenvalue weighted by Crippen LogP contribution is -2.12. The molecule has 2 saturated carbocycles. The second kappa shape index (κ2) is 6.23. The van der Waals surface area contributed by atoms with Crippen LogP contribution < -0.4 is 4.74 Å². The van der Waals surface area contributed by atoms with E-state index in [9.17, 15) is 0 Å². The van der Waals surface area contributed by atoms with Crippen LogP contribution in [-0.4, -0.2) is 12.9 Å². The van der Waals surface area contributed by atoms with Crippen LogP contribution in [0.5, 0.6) is 5.75 Å². The smallest absolute Gasteiger partial charge is 0.119 e. The van der Waals surface area contributed by atoms with Gasteiger partial charge in [0, 0.05) is 0 Å². The van der Waals surface area contributed by atoms with Gasteiger partial charge in [0.05, 0.1) is 6.10 Å². The minimum absolute atomic E-state index is 0.274. The number of hydrogen-bond donors (Lipinski definition) is 0. The highest BCUT2D eigenvalue weighted by Crippen LogP contribution is 2.48. The van der Waals surface area contributed by atoms with E-state index in [-0.39, 0.29) is 6.10 Å². The van der Waals surface area contributed by atoms with Gasteiger partial charge in [0.1, 0.15) is 12.5 Å². The number of rotatable bonds is 4. The van der Waals surface area contributed by atoms with Gasteiger partial charge in [0.15, 0.2) is 0 Å². The van der Waals surface area contributed by atoms with E-state index in [0.717, 1.165) is 17.6 Å². The zero-order chi connectivity index (χ0) is 13.8. The molecule has 2 heteroatoms. The molecular weight excluding hydrogens is 236 g/mol. The third kappa shape index (κ3) is 3.37. The quantitative estimate of drug-likeness (QED) is 0.800. The molecule has 0 heterocycles. The maximum Gasteiger partial charge on any atom is 0.119 e. The Morgan fingerprint density at radius 3 is 2.16 bits per heavy atom. The molecule has 2 fully saturated rings. The fraction of sp³-hybridized carbons (Fsp3) is 0.588. The summed E-state index contributed by atoms with van der Waals surface area (Å²) in [6.07, 6.45) is 7.23. The van der Waals surface area contributed by atoms with Gasteiger partial charge in [-0.1, -0.05) is 12.5 Å². The number of hydrogen-bond acceptors (Lipinski definition) is 2. The number of carbonyl (C=O) groups excluding carboxylic acids is 1. The van der Waals surface area contributed by atoms with Gasteiger partial charge in [-0.25, -0.2) is 0 Å². The van der Waals surface area contributed by atoms with Crippen molar-refractivity contribution in [3.05, 3.63) is 29.3 Å². The van der Waals surface area contributed by atoms with E-state index in [1.807, 2.05) is 6.79 Å². The number of benzene rings is 1. The lowest BCUT2D eigenvalue weighted by atomic mass is 9.77.